The first-order chi connectivity index (χ1) is 8.06. The third-order valence-corrected chi connectivity index (χ3v) is 3.17. The number of anilines is 1. The number of carboxylic acid groups (broad SMARTS) is 1. The Morgan fingerprint density at radius 2 is 2.35 bits per heavy atom. The van der Waals surface area contributed by atoms with E-state index in [0.29, 0.717) is 11.6 Å². The van der Waals surface area contributed by atoms with Crippen molar-refractivity contribution in [2.24, 2.45) is 0 Å². The van der Waals surface area contributed by atoms with Gasteiger partial charge in [0.15, 0.2) is 5.13 Å². The molecule has 17 heavy (non-hydrogen) atoms. The minimum atomic E-state index is -1.06. The average Bonchev–Trinajstić information content (AvgIpc) is 2.71. The Hall–Kier alpha value is -1.96. The molecule has 1 aromatic rings. The number of aromatic nitrogens is 1. The van der Waals surface area contributed by atoms with Crippen LogP contribution < -0.4 is 10.6 Å². The number of aromatic carboxylic acids is 1. The number of nitrogens with one attached hydrogen (secondary N) is 2. The summed E-state index contributed by atoms with van der Waals surface area (Å²) in [7, 11) is 0. The van der Waals surface area contributed by atoms with Gasteiger partial charge >= 0.3 is 5.97 Å². The fourth-order valence-electron chi connectivity index (χ4n) is 1.42. The molecule has 7 nitrogen and oxygen atoms in total. The van der Waals surface area contributed by atoms with E-state index in [-0.39, 0.29) is 17.2 Å². The maximum Gasteiger partial charge on any atom is 0.347 e. The van der Waals surface area contributed by atoms with Crippen LogP contribution in [0.2, 0.25) is 0 Å². The number of nitrogens with zero attached hydrogens (tertiary/aromatic N) is 1. The monoisotopic (exact) mass is 255 g/mol. The van der Waals surface area contributed by atoms with Crippen LogP contribution in [0.15, 0.2) is 6.20 Å². The van der Waals surface area contributed by atoms with Crippen LogP contribution in [0.3, 0.4) is 0 Å². The van der Waals surface area contributed by atoms with E-state index in [1.807, 2.05) is 0 Å². The Morgan fingerprint density at radius 1 is 1.59 bits per heavy atom. The normalized spacial score (nSPS) is 19.9. The summed E-state index contributed by atoms with van der Waals surface area (Å²) < 4.78 is 0. The van der Waals surface area contributed by atoms with Crippen LogP contribution in [0.25, 0.3) is 0 Å². The SMILES string of the molecule is O=C1CCC(Nc2ncc(C(=O)O)s2)C(=O)N1. The first-order valence-electron chi connectivity index (χ1n) is 4.85. The Kier molecular flexibility index (Phi) is 3.05. The zero-order chi connectivity index (χ0) is 12.4. The van der Waals surface area contributed by atoms with Gasteiger partial charge in [-0.3, -0.25) is 14.9 Å². The molecule has 1 atom stereocenters. The van der Waals surface area contributed by atoms with E-state index in [0.717, 1.165) is 11.3 Å². The van der Waals surface area contributed by atoms with Crippen LogP contribution in [0.5, 0.6) is 0 Å². The van der Waals surface area contributed by atoms with Gasteiger partial charge in [-0.05, 0) is 6.42 Å². The molecule has 2 amide bonds. The molecule has 3 N–H and O–H groups in total. The van der Waals surface area contributed by atoms with Crippen molar-refractivity contribution >= 4 is 34.3 Å². The molecule has 8 heteroatoms. The highest BCUT2D eigenvalue weighted by atomic mass is 32.1. The Balaban J connectivity index is 2.02. The standard InChI is InChI=1S/C9H9N3O4S/c13-6-2-1-4(7(14)12-6)11-9-10-3-5(17-9)8(15)16/h3-4H,1-2H2,(H,10,11)(H,15,16)(H,12,13,14). The zero-order valence-corrected chi connectivity index (χ0v) is 9.41. The fraction of sp³-hybridized carbons (Fsp3) is 0.333. The Bertz CT molecular complexity index is 484. The summed E-state index contributed by atoms with van der Waals surface area (Å²) in [5, 5.41) is 14.1. The third kappa shape index (κ3) is 2.59. The van der Waals surface area contributed by atoms with Crippen molar-refractivity contribution in [2.45, 2.75) is 18.9 Å². The molecule has 1 aliphatic rings. The van der Waals surface area contributed by atoms with Crippen LogP contribution in [0.4, 0.5) is 5.13 Å². The number of piperidine rings is 1. The van der Waals surface area contributed by atoms with Gasteiger partial charge in [0.2, 0.25) is 11.8 Å². The summed E-state index contributed by atoms with van der Waals surface area (Å²) in [6.07, 6.45) is 1.87. The number of carboxylic acids is 1. The van der Waals surface area contributed by atoms with E-state index in [2.05, 4.69) is 15.6 Å². The summed E-state index contributed by atoms with van der Waals surface area (Å²) in [5.41, 5.74) is 0. The third-order valence-electron chi connectivity index (χ3n) is 2.25. The van der Waals surface area contributed by atoms with Crippen LogP contribution in [0, 0.1) is 0 Å². The number of hydrogen-bond donors (Lipinski definition) is 3. The molecule has 2 rings (SSSR count). The maximum absolute atomic E-state index is 11.4. The van der Waals surface area contributed by atoms with Crippen molar-refractivity contribution in [3.05, 3.63) is 11.1 Å². The second-order valence-electron chi connectivity index (χ2n) is 3.48. The number of imide groups is 1. The minimum Gasteiger partial charge on any atom is -0.477 e. The topological polar surface area (TPSA) is 108 Å². The first-order valence-corrected chi connectivity index (χ1v) is 5.67. The first kappa shape index (κ1) is 11.5. The lowest BCUT2D eigenvalue weighted by molar-refractivity contribution is -0.133. The van der Waals surface area contributed by atoms with Crippen LogP contribution in [0.1, 0.15) is 22.5 Å². The van der Waals surface area contributed by atoms with Gasteiger partial charge in [-0.15, -0.1) is 0 Å². The number of carbonyl (C=O) groups is 3. The van der Waals surface area contributed by atoms with E-state index >= 15 is 0 Å². The molecule has 0 radical (unpaired) electrons. The molecule has 1 fully saturated rings. The lowest BCUT2D eigenvalue weighted by atomic mass is 10.1. The lowest BCUT2D eigenvalue weighted by Crippen LogP contribution is -2.47. The quantitative estimate of drug-likeness (QED) is 0.659. The van der Waals surface area contributed by atoms with E-state index in [9.17, 15) is 14.4 Å². The van der Waals surface area contributed by atoms with Crippen LogP contribution >= 0.6 is 11.3 Å². The van der Waals surface area contributed by atoms with Crippen molar-refractivity contribution in [3.63, 3.8) is 0 Å². The van der Waals surface area contributed by atoms with Gasteiger partial charge < -0.3 is 10.4 Å². The summed E-state index contributed by atoms with van der Waals surface area (Å²) in [6, 6.07) is -0.541. The molecule has 90 valence electrons. The van der Waals surface area contributed by atoms with E-state index in [4.69, 9.17) is 5.11 Å². The molecule has 0 bridgehead atoms. The molecule has 0 aromatic carbocycles. The van der Waals surface area contributed by atoms with Gasteiger partial charge in [0.05, 0.1) is 6.20 Å². The van der Waals surface area contributed by atoms with Crippen molar-refractivity contribution in [1.29, 1.82) is 0 Å². The Labute approximate surface area is 99.9 Å². The lowest BCUT2D eigenvalue weighted by Gasteiger charge is -2.21. The predicted octanol–water partition coefficient (Wildman–Crippen LogP) is 0.0584. The van der Waals surface area contributed by atoms with Gasteiger partial charge in [-0.25, -0.2) is 9.78 Å². The second-order valence-corrected chi connectivity index (χ2v) is 4.51. The van der Waals surface area contributed by atoms with Crippen molar-refractivity contribution < 1.29 is 19.5 Å². The molecular formula is C9H9N3O4S. The van der Waals surface area contributed by atoms with Crippen LogP contribution in [-0.4, -0.2) is 33.9 Å². The molecule has 1 aliphatic heterocycles. The molecule has 0 saturated carbocycles. The second kappa shape index (κ2) is 4.50. The Morgan fingerprint density at radius 3 is 2.94 bits per heavy atom. The van der Waals surface area contributed by atoms with E-state index in [1.165, 1.54) is 6.20 Å². The summed E-state index contributed by atoms with van der Waals surface area (Å²) in [4.78, 5) is 36.9. The zero-order valence-electron chi connectivity index (χ0n) is 8.60. The van der Waals surface area contributed by atoms with Gasteiger partial charge in [-0.1, -0.05) is 11.3 Å². The number of amides is 2. The number of rotatable bonds is 3. The predicted molar refractivity (Wildman–Crippen MR) is 58.9 cm³/mol. The van der Waals surface area contributed by atoms with Crippen molar-refractivity contribution in [1.82, 2.24) is 10.3 Å². The largest absolute Gasteiger partial charge is 0.477 e. The smallest absolute Gasteiger partial charge is 0.347 e. The van der Waals surface area contributed by atoms with Crippen molar-refractivity contribution in [2.75, 3.05) is 5.32 Å². The molecule has 2 heterocycles. The molecule has 1 saturated heterocycles. The number of carbonyl (C=O) groups excluding carboxylic acids is 2. The van der Waals surface area contributed by atoms with Gasteiger partial charge in [0.25, 0.3) is 0 Å². The average molecular weight is 255 g/mol. The van der Waals surface area contributed by atoms with Gasteiger partial charge in [0, 0.05) is 6.42 Å². The minimum absolute atomic E-state index is 0.0970. The molecule has 0 spiro atoms. The summed E-state index contributed by atoms with van der Waals surface area (Å²) in [6.45, 7) is 0. The van der Waals surface area contributed by atoms with E-state index in [1.54, 1.807) is 0 Å². The van der Waals surface area contributed by atoms with E-state index < -0.39 is 17.9 Å². The molecule has 1 unspecified atom stereocenters. The molecule has 0 aliphatic carbocycles. The highest BCUT2D eigenvalue weighted by Crippen LogP contribution is 2.20. The fourth-order valence-corrected chi connectivity index (χ4v) is 2.13. The van der Waals surface area contributed by atoms with Crippen molar-refractivity contribution in [3.8, 4) is 0 Å². The molecule has 1 aromatic heterocycles. The maximum atomic E-state index is 11.4. The number of thiazole rings is 1. The summed E-state index contributed by atoms with van der Waals surface area (Å²) >= 11 is 0.951. The van der Waals surface area contributed by atoms with Gasteiger partial charge in [-0.2, -0.15) is 0 Å². The number of hydrogen-bond acceptors (Lipinski definition) is 6. The highest BCUT2D eigenvalue weighted by Gasteiger charge is 2.27. The highest BCUT2D eigenvalue weighted by molar-refractivity contribution is 7.17. The van der Waals surface area contributed by atoms with Gasteiger partial charge in [0.1, 0.15) is 10.9 Å². The summed E-state index contributed by atoms with van der Waals surface area (Å²) in [5.74, 6) is -1.76. The molecular weight excluding hydrogens is 246 g/mol. The van der Waals surface area contributed by atoms with Crippen LogP contribution in [-0.2, 0) is 9.59 Å².